The van der Waals surface area contributed by atoms with Gasteiger partial charge in [0.1, 0.15) is 0 Å². The molecular weight excluding hydrogens is 378 g/mol. The number of nitrogens with one attached hydrogen (secondary N) is 1. The van der Waals surface area contributed by atoms with Crippen LogP contribution in [0.3, 0.4) is 0 Å². The monoisotopic (exact) mass is 401 g/mol. The van der Waals surface area contributed by atoms with Gasteiger partial charge in [-0.15, -0.1) is 0 Å². The zero-order valence-corrected chi connectivity index (χ0v) is 16.8. The normalized spacial score (nSPS) is 10.4. The molecule has 2 aromatic rings. The van der Waals surface area contributed by atoms with E-state index in [0.717, 1.165) is 18.4 Å². The second kappa shape index (κ2) is 10.6. The fraction of sp³-hybridized carbons (Fsp3) is 0.318. The number of ether oxygens (including phenoxy) is 1. The molecule has 0 atom stereocenters. The molecule has 0 saturated carbocycles. The quantitative estimate of drug-likeness (QED) is 0.486. The maximum atomic E-state index is 12.2. The van der Waals surface area contributed by atoms with Crippen LogP contribution in [0.4, 0.5) is 5.69 Å². The third kappa shape index (κ3) is 6.50. The van der Waals surface area contributed by atoms with Crippen LogP contribution in [0.2, 0.25) is 5.02 Å². The van der Waals surface area contributed by atoms with Gasteiger partial charge >= 0.3 is 5.97 Å². The van der Waals surface area contributed by atoms with Gasteiger partial charge in [-0.3, -0.25) is 14.4 Å². The Kier molecular flexibility index (Phi) is 8.20. The number of halogens is 1. The summed E-state index contributed by atoms with van der Waals surface area (Å²) in [6, 6.07) is 12.6. The highest BCUT2D eigenvalue weighted by molar-refractivity contribution is 6.31. The van der Waals surface area contributed by atoms with Crippen LogP contribution in [0.25, 0.3) is 0 Å². The van der Waals surface area contributed by atoms with Crippen molar-refractivity contribution in [3.05, 3.63) is 64.2 Å². The van der Waals surface area contributed by atoms with Crippen molar-refractivity contribution in [2.24, 2.45) is 0 Å². The van der Waals surface area contributed by atoms with E-state index in [0.29, 0.717) is 16.3 Å². The number of anilines is 1. The summed E-state index contributed by atoms with van der Waals surface area (Å²) in [6.07, 6.45) is 1.99. The van der Waals surface area contributed by atoms with Crippen molar-refractivity contribution < 1.29 is 19.1 Å². The Morgan fingerprint density at radius 2 is 1.75 bits per heavy atom. The van der Waals surface area contributed by atoms with Gasteiger partial charge in [0, 0.05) is 22.7 Å². The molecule has 0 heterocycles. The second-order valence-electron chi connectivity index (χ2n) is 6.49. The fourth-order valence-corrected chi connectivity index (χ4v) is 2.83. The Morgan fingerprint density at radius 1 is 1.04 bits per heavy atom. The molecule has 0 bridgehead atoms. The zero-order chi connectivity index (χ0) is 20.5. The molecule has 2 rings (SSSR count). The number of Topliss-reactive ketones (excluding diaryl/α,β-unsaturated/α-hetero) is 1. The first-order chi connectivity index (χ1) is 13.4. The lowest BCUT2D eigenvalue weighted by molar-refractivity contribution is -0.147. The van der Waals surface area contributed by atoms with Gasteiger partial charge < -0.3 is 10.1 Å². The minimum Gasteiger partial charge on any atom is -0.456 e. The van der Waals surface area contributed by atoms with Gasteiger partial charge in [0.15, 0.2) is 12.4 Å². The molecule has 0 spiro atoms. The van der Waals surface area contributed by atoms with E-state index < -0.39 is 18.5 Å². The molecule has 0 fully saturated rings. The topological polar surface area (TPSA) is 72.5 Å². The van der Waals surface area contributed by atoms with Gasteiger partial charge in [-0.1, -0.05) is 55.3 Å². The third-order valence-corrected chi connectivity index (χ3v) is 4.69. The lowest BCUT2D eigenvalue weighted by Gasteiger charge is -2.10. The number of hydrogen-bond acceptors (Lipinski definition) is 4. The first-order valence-corrected chi connectivity index (χ1v) is 9.61. The number of esters is 1. The van der Waals surface area contributed by atoms with Crippen LogP contribution in [0.5, 0.6) is 0 Å². The molecule has 0 unspecified atom stereocenters. The summed E-state index contributed by atoms with van der Waals surface area (Å²) in [5.74, 6) is -1.18. The summed E-state index contributed by atoms with van der Waals surface area (Å²) in [5.41, 5.74) is 3.05. The Bertz CT molecular complexity index is 846. The first-order valence-electron chi connectivity index (χ1n) is 9.23. The number of rotatable bonds is 9. The van der Waals surface area contributed by atoms with E-state index in [-0.39, 0.29) is 18.6 Å². The summed E-state index contributed by atoms with van der Waals surface area (Å²) in [4.78, 5) is 35.9. The average molecular weight is 402 g/mol. The minimum absolute atomic E-state index is 0.0426. The maximum absolute atomic E-state index is 12.2. The van der Waals surface area contributed by atoms with Crippen molar-refractivity contribution in [3.8, 4) is 0 Å². The molecule has 0 saturated heterocycles. The van der Waals surface area contributed by atoms with Crippen LogP contribution in [-0.2, 0) is 20.7 Å². The number of aryl methyl sites for hydroxylation is 1. The van der Waals surface area contributed by atoms with Gasteiger partial charge in [0.05, 0.1) is 6.42 Å². The summed E-state index contributed by atoms with van der Waals surface area (Å²) in [6.45, 7) is 3.47. The summed E-state index contributed by atoms with van der Waals surface area (Å²) in [5, 5.41) is 3.18. The number of carbonyl (C=O) groups excluding carboxylic acids is 3. The Balaban J connectivity index is 1.75. The van der Waals surface area contributed by atoms with Gasteiger partial charge in [0.25, 0.3) is 5.91 Å². The van der Waals surface area contributed by atoms with Gasteiger partial charge in [-0.2, -0.15) is 0 Å². The van der Waals surface area contributed by atoms with Crippen molar-refractivity contribution in [1.29, 1.82) is 0 Å². The predicted molar refractivity (Wildman–Crippen MR) is 110 cm³/mol. The van der Waals surface area contributed by atoms with E-state index >= 15 is 0 Å². The lowest BCUT2D eigenvalue weighted by atomic mass is 10.0. The minimum atomic E-state index is -0.589. The highest BCUT2D eigenvalue weighted by atomic mass is 35.5. The van der Waals surface area contributed by atoms with Crippen LogP contribution in [0, 0.1) is 6.92 Å². The molecule has 0 aliphatic rings. The van der Waals surface area contributed by atoms with E-state index in [9.17, 15) is 14.4 Å². The smallest absolute Gasteiger partial charge is 0.306 e. The standard InChI is InChI=1S/C22H24ClNO4/c1-3-5-16-8-10-17(11-9-16)20(25)12-13-22(27)28-14-21(26)24-19-7-4-6-18(23)15(19)2/h4,6-11H,3,5,12-14H2,1-2H3,(H,24,26). The number of carbonyl (C=O) groups is 3. The predicted octanol–water partition coefficient (Wildman–Crippen LogP) is 4.75. The van der Waals surface area contributed by atoms with Crippen LogP contribution in [-0.4, -0.2) is 24.3 Å². The van der Waals surface area contributed by atoms with E-state index in [1.807, 2.05) is 12.1 Å². The van der Waals surface area contributed by atoms with Gasteiger partial charge in [-0.05, 0) is 36.6 Å². The van der Waals surface area contributed by atoms with Gasteiger partial charge in [-0.25, -0.2) is 0 Å². The summed E-state index contributed by atoms with van der Waals surface area (Å²) < 4.78 is 4.95. The lowest BCUT2D eigenvalue weighted by Crippen LogP contribution is -2.21. The highest BCUT2D eigenvalue weighted by Gasteiger charge is 2.13. The van der Waals surface area contributed by atoms with Crippen molar-refractivity contribution in [2.75, 3.05) is 11.9 Å². The highest BCUT2D eigenvalue weighted by Crippen LogP contribution is 2.22. The van der Waals surface area contributed by atoms with E-state index in [4.69, 9.17) is 16.3 Å². The van der Waals surface area contributed by atoms with Crippen LogP contribution in [0.1, 0.15) is 47.7 Å². The zero-order valence-electron chi connectivity index (χ0n) is 16.1. The average Bonchev–Trinajstić information content (AvgIpc) is 2.69. The van der Waals surface area contributed by atoms with Crippen molar-refractivity contribution in [2.45, 2.75) is 39.5 Å². The van der Waals surface area contributed by atoms with E-state index in [1.54, 1.807) is 37.3 Å². The number of ketones is 1. The van der Waals surface area contributed by atoms with Gasteiger partial charge in [0.2, 0.25) is 0 Å². The Labute approximate surface area is 170 Å². The molecule has 1 N–H and O–H groups in total. The van der Waals surface area contributed by atoms with E-state index in [2.05, 4.69) is 12.2 Å². The fourth-order valence-electron chi connectivity index (χ4n) is 2.65. The molecule has 28 heavy (non-hydrogen) atoms. The molecule has 6 heteroatoms. The summed E-state index contributed by atoms with van der Waals surface area (Å²) in [7, 11) is 0. The third-order valence-electron chi connectivity index (χ3n) is 4.28. The van der Waals surface area contributed by atoms with Crippen molar-refractivity contribution in [1.82, 2.24) is 0 Å². The molecule has 0 aromatic heterocycles. The van der Waals surface area contributed by atoms with Crippen molar-refractivity contribution in [3.63, 3.8) is 0 Å². The first kappa shape index (κ1) is 21.6. The molecule has 5 nitrogen and oxygen atoms in total. The largest absolute Gasteiger partial charge is 0.456 e. The van der Waals surface area contributed by atoms with Crippen LogP contribution in [0.15, 0.2) is 42.5 Å². The van der Waals surface area contributed by atoms with Crippen LogP contribution >= 0.6 is 11.6 Å². The Morgan fingerprint density at radius 3 is 2.43 bits per heavy atom. The van der Waals surface area contributed by atoms with E-state index in [1.165, 1.54) is 5.56 Å². The molecule has 2 aromatic carbocycles. The maximum Gasteiger partial charge on any atom is 0.306 e. The SMILES string of the molecule is CCCc1ccc(C(=O)CCC(=O)OCC(=O)Nc2cccc(Cl)c2C)cc1. The molecule has 0 aliphatic carbocycles. The molecule has 0 radical (unpaired) electrons. The van der Waals surface area contributed by atoms with Crippen LogP contribution < -0.4 is 5.32 Å². The van der Waals surface area contributed by atoms with Crippen molar-refractivity contribution >= 4 is 34.9 Å². The second-order valence-corrected chi connectivity index (χ2v) is 6.90. The summed E-state index contributed by atoms with van der Waals surface area (Å²) >= 11 is 6.00. The molecule has 148 valence electrons. The number of benzene rings is 2. The molecule has 1 amide bonds. The molecular formula is C22H24ClNO4. The Hall–Kier alpha value is -2.66. The molecule has 0 aliphatic heterocycles. The number of hydrogen-bond donors (Lipinski definition) is 1. The number of amides is 1.